The van der Waals surface area contributed by atoms with Gasteiger partial charge < -0.3 is 16.2 Å². The van der Waals surface area contributed by atoms with Crippen molar-refractivity contribution in [1.82, 2.24) is 29.9 Å². The van der Waals surface area contributed by atoms with Crippen molar-refractivity contribution in [3.8, 4) is 16.8 Å². The van der Waals surface area contributed by atoms with Gasteiger partial charge in [-0.05, 0) is 40.7 Å². The smallest absolute Gasteiger partial charge is 0.333 e. The third-order valence-electron chi connectivity index (χ3n) is 6.61. The Kier molecular flexibility index (Phi) is 9.04. The van der Waals surface area contributed by atoms with Gasteiger partial charge in [0, 0.05) is 11.8 Å². The van der Waals surface area contributed by atoms with Gasteiger partial charge in [0.2, 0.25) is 5.91 Å². The summed E-state index contributed by atoms with van der Waals surface area (Å²) in [5.41, 5.74) is 6.81. The number of carbonyl (C=O) groups is 1. The fraction of sp³-hybridized carbons (Fsp3) is 0.357. The van der Waals surface area contributed by atoms with Gasteiger partial charge in [0.15, 0.2) is 5.82 Å². The minimum absolute atomic E-state index is 0.0918. The number of halogens is 5. The first-order chi connectivity index (χ1) is 19.7. The first-order valence-electron chi connectivity index (χ1n) is 12.9. The van der Waals surface area contributed by atoms with E-state index in [4.69, 9.17) is 17.3 Å². The molecular weight excluding hydrogens is 578 g/mol. The molecule has 1 amide bonds. The average molecular weight is 608 g/mol. The molecule has 0 aliphatic rings. The van der Waals surface area contributed by atoms with E-state index in [0.717, 1.165) is 11.0 Å². The van der Waals surface area contributed by atoms with Gasteiger partial charge >= 0.3 is 6.55 Å². The Hall–Kier alpha value is -3.81. The van der Waals surface area contributed by atoms with Crippen LogP contribution < -0.4 is 11.1 Å². The molecule has 2 atom stereocenters. The van der Waals surface area contributed by atoms with Gasteiger partial charge in [-0.15, -0.1) is 0 Å². The van der Waals surface area contributed by atoms with Crippen molar-refractivity contribution in [1.29, 1.82) is 0 Å². The molecular formula is C28H30ClF4N7O2. The summed E-state index contributed by atoms with van der Waals surface area (Å²) in [6.45, 7) is 2.45. The van der Waals surface area contributed by atoms with E-state index in [9.17, 15) is 27.5 Å². The SMILES string of the molecule is CC(C)(C)C[C@](N)(C(=O)N[C@H](CO)c1ccc(Cl)c(-n2ncnc2C(F)F)c1)c1ccc(-c2cnn(C(F)F)c2)cc1. The van der Waals surface area contributed by atoms with Crippen molar-refractivity contribution in [2.45, 2.75) is 51.7 Å². The number of carbonyl (C=O) groups excluding carboxylic acids is 1. The van der Waals surface area contributed by atoms with Crippen molar-refractivity contribution in [2.24, 2.45) is 11.1 Å². The van der Waals surface area contributed by atoms with E-state index < -0.39 is 48.3 Å². The van der Waals surface area contributed by atoms with Crippen molar-refractivity contribution < 1.29 is 27.5 Å². The first kappa shape index (κ1) is 31.1. The molecule has 0 saturated heterocycles. The molecule has 0 fully saturated rings. The van der Waals surface area contributed by atoms with Crippen LogP contribution >= 0.6 is 11.6 Å². The Morgan fingerprint density at radius 1 is 1.07 bits per heavy atom. The highest BCUT2D eigenvalue weighted by molar-refractivity contribution is 6.32. The molecule has 9 nitrogen and oxygen atoms in total. The van der Waals surface area contributed by atoms with Crippen molar-refractivity contribution in [3.05, 3.63) is 83.2 Å². The lowest BCUT2D eigenvalue weighted by atomic mass is 9.75. The number of nitrogens with one attached hydrogen (secondary N) is 1. The molecule has 4 rings (SSSR count). The Balaban J connectivity index is 1.65. The van der Waals surface area contributed by atoms with Crippen LogP contribution in [0, 0.1) is 5.41 Å². The molecule has 14 heteroatoms. The minimum Gasteiger partial charge on any atom is -0.394 e. The molecule has 224 valence electrons. The molecule has 0 radical (unpaired) electrons. The van der Waals surface area contributed by atoms with Crippen molar-refractivity contribution >= 4 is 17.5 Å². The predicted molar refractivity (Wildman–Crippen MR) is 148 cm³/mol. The van der Waals surface area contributed by atoms with Crippen molar-refractivity contribution in [3.63, 3.8) is 0 Å². The van der Waals surface area contributed by atoms with Crippen LogP contribution in [0.4, 0.5) is 17.6 Å². The molecule has 4 aromatic rings. The molecule has 0 aliphatic carbocycles. The molecule has 0 bridgehead atoms. The number of alkyl halides is 4. The third kappa shape index (κ3) is 6.63. The molecule has 2 aromatic heterocycles. The molecule has 2 aromatic carbocycles. The number of hydrogen-bond acceptors (Lipinski definition) is 6. The highest BCUT2D eigenvalue weighted by Gasteiger charge is 2.40. The third-order valence-corrected chi connectivity index (χ3v) is 6.93. The number of aromatic nitrogens is 5. The van der Waals surface area contributed by atoms with Crippen LogP contribution in [0.1, 0.15) is 63.2 Å². The van der Waals surface area contributed by atoms with Crippen LogP contribution in [-0.4, -0.2) is 42.2 Å². The Morgan fingerprint density at radius 2 is 1.76 bits per heavy atom. The lowest BCUT2D eigenvalue weighted by Gasteiger charge is -2.36. The van der Waals surface area contributed by atoms with Gasteiger partial charge in [-0.25, -0.2) is 23.1 Å². The van der Waals surface area contributed by atoms with E-state index in [1.54, 1.807) is 30.3 Å². The maximum Gasteiger partial charge on any atom is 0.333 e. The monoisotopic (exact) mass is 607 g/mol. The summed E-state index contributed by atoms with van der Waals surface area (Å²) in [5, 5.41) is 20.6. The van der Waals surface area contributed by atoms with Gasteiger partial charge in [0.05, 0.1) is 29.6 Å². The number of aliphatic hydroxyl groups is 1. The van der Waals surface area contributed by atoms with Crippen LogP contribution in [-0.2, 0) is 10.3 Å². The highest BCUT2D eigenvalue weighted by Crippen LogP contribution is 2.35. The van der Waals surface area contributed by atoms with E-state index in [2.05, 4.69) is 20.5 Å². The Morgan fingerprint density at radius 3 is 2.33 bits per heavy atom. The van der Waals surface area contributed by atoms with Crippen molar-refractivity contribution in [2.75, 3.05) is 6.61 Å². The summed E-state index contributed by atoms with van der Waals surface area (Å²) in [7, 11) is 0. The van der Waals surface area contributed by atoms with E-state index in [1.165, 1.54) is 24.5 Å². The largest absolute Gasteiger partial charge is 0.394 e. The van der Waals surface area contributed by atoms with Crippen LogP contribution in [0.2, 0.25) is 5.02 Å². The minimum atomic E-state index is -2.91. The number of nitrogens with zero attached hydrogens (tertiary/aromatic N) is 5. The maximum absolute atomic E-state index is 13.8. The van der Waals surface area contributed by atoms with Crippen LogP contribution in [0.25, 0.3) is 16.8 Å². The van der Waals surface area contributed by atoms with Crippen LogP contribution in [0.5, 0.6) is 0 Å². The highest BCUT2D eigenvalue weighted by atomic mass is 35.5. The normalized spacial score (nSPS) is 14.3. The van der Waals surface area contributed by atoms with E-state index in [0.29, 0.717) is 26.9 Å². The van der Waals surface area contributed by atoms with E-state index in [1.807, 2.05) is 20.8 Å². The lowest BCUT2D eigenvalue weighted by molar-refractivity contribution is -0.129. The summed E-state index contributed by atoms with van der Waals surface area (Å²) in [6.07, 6.45) is 0.792. The predicted octanol–water partition coefficient (Wildman–Crippen LogP) is 5.56. The second kappa shape index (κ2) is 12.2. The van der Waals surface area contributed by atoms with E-state index in [-0.39, 0.29) is 17.1 Å². The molecule has 0 saturated carbocycles. The fourth-order valence-corrected chi connectivity index (χ4v) is 4.92. The van der Waals surface area contributed by atoms with E-state index >= 15 is 0 Å². The summed E-state index contributed by atoms with van der Waals surface area (Å²) in [5.74, 6) is -1.21. The van der Waals surface area contributed by atoms with Gasteiger partial charge in [0.25, 0.3) is 6.43 Å². The first-order valence-corrected chi connectivity index (χ1v) is 13.2. The number of rotatable bonds is 10. The number of benzene rings is 2. The molecule has 0 spiro atoms. The van der Waals surface area contributed by atoms with Gasteiger partial charge in [-0.2, -0.15) is 19.0 Å². The topological polar surface area (TPSA) is 124 Å². The standard InChI is InChI=1S/C28H30ClF4N7O2/c1-27(2,3)14-28(34,19-7-4-16(5-8-19)18-11-36-39(12-18)26(32)33)25(42)38-21(13-41)17-6-9-20(29)22(10-17)40-24(23(30)31)35-15-37-40/h4-12,15,21,23,26,41H,13-14,34H2,1-3H3,(H,38,42)/t21-,28-/m1/s1. The van der Waals surface area contributed by atoms with Crippen LogP contribution in [0.15, 0.2) is 61.2 Å². The lowest BCUT2D eigenvalue weighted by Crippen LogP contribution is -2.54. The Bertz CT molecular complexity index is 1540. The molecule has 0 aliphatic heterocycles. The second-order valence-corrected chi connectivity index (χ2v) is 11.4. The summed E-state index contributed by atoms with van der Waals surface area (Å²) >= 11 is 6.27. The zero-order valence-corrected chi connectivity index (χ0v) is 23.7. The number of hydrogen-bond donors (Lipinski definition) is 3. The average Bonchev–Trinajstić information content (AvgIpc) is 3.62. The van der Waals surface area contributed by atoms with Crippen LogP contribution in [0.3, 0.4) is 0 Å². The maximum atomic E-state index is 13.8. The fourth-order valence-electron chi connectivity index (χ4n) is 4.72. The summed E-state index contributed by atoms with van der Waals surface area (Å²) < 4.78 is 54.2. The summed E-state index contributed by atoms with van der Waals surface area (Å²) in [4.78, 5) is 17.4. The number of nitrogens with two attached hydrogens (primary N) is 1. The zero-order valence-electron chi connectivity index (χ0n) is 23.0. The zero-order chi connectivity index (χ0) is 30.8. The number of amides is 1. The Labute approximate surface area is 244 Å². The quantitative estimate of drug-likeness (QED) is 0.203. The van der Waals surface area contributed by atoms with Gasteiger partial charge in [-0.1, -0.05) is 62.7 Å². The second-order valence-electron chi connectivity index (χ2n) is 11.0. The molecule has 4 N–H and O–H groups in total. The van der Waals surface area contributed by atoms with Gasteiger partial charge in [0.1, 0.15) is 11.9 Å². The molecule has 0 unspecified atom stereocenters. The molecule has 42 heavy (non-hydrogen) atoms. The number of aliphatic hydroxyl groups excluding tert-OH is 1. The van der Waals surface area contributed by atoms with Gasteiger partial charge in [-0.3, -0.25) is 4.79 Å². The molecule has 2 heterocycles. The summed E-state index contributed by atoms with van der Waals surface area (Å²) in [6, 6.07) is 10.0.